The van der Waals surface area contributed by atoms with Crippen molar-refractivity contribution in [3.05, 3.63) is 76.0 Å². The molecule has 4 heterocycles. The number of hydrogen-bond donors (Lipinski definition) is 1. The first-order valence-corrected chi connectivity index (χ1v) is 16.1. The van der Waals surface area contributed by atoms with Crippen molar-refractivity contribution >= 4 is 30.7 Å². The SMILES string of the molecule is N=c1cc(-c2cccc(I3CCC3)c2)ccn1-c1ccc2c(cnn2CCN2CCCC2)c1. The summed E-state index contributed by atoms with van der Waals surface area (Å²) in [6.07, 6.45) is 8.05. The summed E-state index contributed by atoms with van der Waals surface area (Å²) < 4.78 is 8.59. The molecule has 2 aliphatic rings. The Morgan fingerprint density at radius 1 is 0.879 bits per heavy atom. The molecule has 0 radical (unpaired) electrons. The monoisotopic (exact) mass is 551 g/mol. The molecule has 33 heavy (non-hydrogen) atoms. The van der Waals surface area contributed by atoms with Gasteiger partial charge in [-0.05, 0) is 25.9 Å². The van der Waals surface area contributed by atoms with Gasteiger partial charge in [0.05, 0.1) is 6.54 Å². The summed E-state index contributed by atoms with van der Waals surface area (Å²) in [6, 6.07) is 19.6. The fourth-order valence-electron chi connectivity index (χ4n) is 4.87. The van der Waals surface area contributed by atoms with Gasteiger partial charge in [-0.1, -0.05) is 0 Å². The normalized spacial score (nSPS) is 17.5. The van der Waals surface area contributed by atoms with Crippen LogP contribution in [0, 0.1) is 8.98 Å². The first-order chi connectivity index (χ1) is 16.2. The van der Waals surface area contributed by atoms with Crippen molar-refractivity contribution in [1.29, 1.82) is 5.41 Å². The Morgan fingerprint density at radius 2 is 1.73 bits per heavy atom. The topological polar surface area (TPSA) is 49.8 Å². The second-order valence-electron chi connectivity index (χ2n) is 9.03. The molecule has 0 unspecified atom stereocenters. The Kier molecular flexibility index (Phi) is 5.80. The van der Waals surface area contributed by atoms with Gasteiger partial charge in [-0.15, -0.1) is 0 Å². The van der Waals surface area contributed by atoms with Crippen LogP contribution in [0.5, 0.6) is 0 Å². The second kappa shape index (κ2) is 9.06. The molecule has 2 aromatic heterocycles. The van der Waals surface area contributed by atoms with E-state index in [1.807, 2.05) is 23.0 Å². The van der Waals surface area contributed by atoms with Gasteiger partial charge in [-0.2, -0.15) is 0 Å². The standard InChI is InChI=1S/C27H30IN5/c29-27-19-22(21-5-3-6-24(17-21)28-10-4-11-28)9-14-32(27)25-7-8-26-23(18-25)20-30-33(26)16-15-31-12-1-2-13-31/h3,5-9,14,17-20,29H,1-2,4,10-13,15-16H2. The van der Waals surface area contributed by atoms with Gasteiger partial charge in [0.1, 0.15) is 0 Å². The number of fused-ring (bicyclic) bond motifs is 1. The van der Waals surface area contributed by atoms with Crippen molar-refractivity contribution in [1.82, 2.24) is 19.2 Å². The van der Waals surface area contributed by atoms with Gasteiger partial charge in [0.15, 0.2) is 0 Å². The van der Waals surface area contributed by atoms with Gasteiger partial charge in [-0.25, -0.2) is 0 Å². The van der Waals surface area contributed by atoms with Crippen LogP contribution in [-0.2, 0) is 6.54 Å². The maximum absolute atomic E-state index is 8.71. The molecule has 2 aliphatic heterocycles. The summed E-state index contributed by atoms with van der Waals surface area (Å²) in [7, 11) is 0. The van der Waals surface area contributed by atoms with E-state index in [2.05, 4.69) is 63.2 Å². The molecule has 5 nitrogen and oxygen atoms in total. The Labute approximate surface area is 201 Å². The predicted molar refractivity (Wildman–Crippen MR) is 143 cm³/mol. The summed E-state index contributed by atoms with van der Waals surface area (Å²) in [5.74, 6) is 0. The Balaban J connectivity index is 1.24. The van der Waals surface area contributed by atoms with Crippen molar-refractivity contribution in [2.24, 2.45) is 0 Å². The zero-order valence-corrected chi connectivity index (χ0v) is 21.0. The van der Waals surface area contributed by atoms with E-state index in [9.17, 15) is 0 Å². The number of rotatable bonds is 6. The fraction of sp³-hybridized carbons (Fsp3) is 0.333. The first kappa shape index (κ1) is 21.1. The number of hydrogen-bond acceptors (Lipinski definition) is 3. The summed E-state index contributed by atoms with van der Waals surface area (Å²) in [5, 5.41) is 14.5. The number of nitrogens with one attached hydrogen (secondary N) is 1. The Bertz CT molecular complexity index is 1340. The van der Waals surface area contributed by atoms with Crippen LogP contribution in [0.25, 0.3) is 27.7 Å². The quantitative estimate of drug-likeness (QED) is 0.266. The molecule has 1 N–H and O–H groups in total. The Morgan fingerprint density at radius 3 is 2.52 bits per heavy atom. The molecule has 0 amide bonds. The number of alkyl halides is 2. The molecular weight excluding hydrogens is 521 g/mol. The molecule has 0 bridgehead atoms. The van der Waals surface area contributed by atoms with Crippen LogP contribution >= 0.6 is 19.8 Å². The maximum atomic E-state index is 8.71. The Hall–Kier alpha value is -2.45. The van der Waals surface area contributed by atoms with Crippen molar-refractivity contribution in [2.45, 2.75) is 25.8 Å². The van der Waals surface area contributed by atoms with E-state index in [4.69, 9.17) is 5.41 Å². The minimum absolute atomic E-state index is 0.501. The van der Waals surface area contributed by atoms with Crippen molar-refractivity contribution < 1.29 is 0 Å². The molecule has 6 rings (SSSR count). The third kappa shape index (κ3) is 4.26. The summed E-state index contributed by atoms with van der Waals surface area (Å²) >= 11 is -0.858. The first-order valence-electron chi connectivity index (χ1n) is 11.9. The fourth-order valence-corrected chi connectivity index (χ4v) is 9.13. The molecule has 2 fully saturated rings. The zero-order valence-electron chi connectivity index (χ0n) is 18.9. The predicted octanol–water partition coefficient (Wildman–Crippen LogP) is 5.15. The number of benzene rings is 2. The average Bonchev–Trinajstić information content (AvgIpc) is 3.46. The van der Waals surface area contributed by atoms with Crippen LogP contribution < -0.4 is 5.49 Å². The van der Waals surface area contributed by atoms with Gasteiger partial charge in [0, 0.05) is 6.54 Å². The van der Waals surface area contributed by atoms with Gasteiger partial charge >= 0.3 is 159 Å². The molecule has 6 heteroatoms. The van der Waals surface area contributed by atoms with E-state index < -0.39 is 19.8 Å². The molecule has 2 aromatic carbocycles. The zero-order chi connectivity index (χ0) is 22.2. The van der Waals surface area contributed by atoms with Gasteiger partial charge < -0.3 is 4.90 Å². The summed E-state index contributed by atoms with van der Waals surface area (Å²) in [5.41, 5.74) is 5.05. The third-order valence-corrected chi connectivity index (χ3v) is 13.4. The molecule has 0 atom stereocenters. The number of pyridine rings is 1. The number of halogens is 1. The third-order valence-electron chi connectivity index (χ3n) is 6.88. The second-order valence-corrected chi connectivity index (χ2v) is 15.0. The van der Waals surface area contributed by atoms with Gasteiger partial charge in [0.25, 0.3) is 0 Å². The van der Waals surface area contributed by atoms with Crippen LogP contribution in [0.2, 0.25) is 0 Å². The number of aromatic nitrogens is 3. The minimum atomic E-state index is -0.858. The van der Waals surface area contributed by atoms with Crippen molar-refractivity contribution in [3.63, 3.8) is 0 Å². The van der Waals surface area contributed by atoms with Crippen LogP contribution in [0.4, 0.5) is 0 Å². The van der Waals surface area contributed by atoms with Gasteiger partial charge in [0.2, 0.25) is 0 Å². The molecule has 2 saturated heterocycles. The molecule has 4 aromatic rings. The molecule has 0 aliphatic carbocycles. The molecular formula is C27H30IN5. The van der Waals surface area contributed by atoms with E-state index >= 15 is 0 Å². The molecule has 0 spiro atoms. The number of nitrogens with zero attached hydrogens (tertiary/aromatic N) is 4. The molecule has 170 valence electrons. The van der Waals surface area contributed by atoms with Crippen molar-refractivity contribution in [3.8, 4) is 16.8 Å². The van der Waals surface area contributed by atoms with E-state index in [0.29, 0.717) is 5.49 Å². The van der Waals surface area contributed by atoms with E-state index in [-0.39, 0.29) is 0 Å². The van der Waals surface area contributed by atoms with Crippen LogP contribution in [-0.4, -0.2) is 47.7 Å². The van der Waals surface area contributed by atoms with Gasteiger partial charge in [-0.3, -0.25) is 0 Å². The van der Waals surface area contributed by atoms with Crippen LogP contribution in [0.1, 0.15) is 19.3 Å². The van der Waals surface area contributed by atoms with E-state index in [1.54, 1.807) is 3.57 Å². The van der Waals surface area contributed by atoms with Crippen LogP contribution in [0.15, 0.2) is 67.0 Å². The van der Waals surface area contributed by atoms with Crippen molar-refractivity contribution in [2.75, 3.05) is 28.5 Å². The summed E-state index contributed by atoms with van der Waals surface area (Å²) in [6.45, 7) is 4.43. The molecule has 0 saturated carbocycles. The summed E-state index contributed by atoms with van der Waals surface area (Å²) in [4.78, 5) is 2.52. The van der Waals surface area contributed by atoms with Crippen LogP contribution in [0.3, 0.4) is 0 Å². The average molecular weight is 551 g/mol. The van der Waals surface area contributed by atoms with E-state index in [0.717, 1.165) is 29.7 Å². The van der Waals surface area contributed by atoms with E-state index in [1.165, 1.54) is 52.3 Å². The number of likely N-dealkylation sites (tertiary alicyclic amines) is 1.